The first-order valence-electron chi connectivity index (χ1n) is 7.19. The minimum atomic E-state index is -2.58. The van der Waals surface area contributed by atoms with E-state index in [1.165, 1.54) is 0 Å². The van der Waals surface area contributed by atoms with Crippen molar-refractivity contribution in [2.75, 3.05) is 42.7 Å². The van der Waals surface area contributed by atoms with Crippen LogP contribution < -0.4 is 0 Å². The first kappa shape index (κ1) is 22.9. The Hall–Kier alpha value is -1.11. The molecule has 6 nitrogen and oxygen atoms in total. The summed E-state index contributed by atoms with van der Waals surface area (Å²) >= 11 is 0. The second-order valence-electron chi connectivity index (χ2n) is 4.38. The Morgan fingerprint density at radius 3 is 1.42 bits per heavy atom. The molecule has 0 amide bonds. The summed E-state index contributed by atoms with van der Waals surface area (Å²) in [5.41, 5.74) is 4.54. The highest BCUT2D eigenvalue weighted by atomic mass is 28.4. The van der Waals surface area contributed by atoms with Crippen molar-refractivity contribution in [3.8, 4) is 0 Å². The van der Waals surface area contributed by atoms with E-state index in [9.17, 15) is 0 Å². The lowest BCUT2D eigenvalue weighted by Gasteiger charge is -2.20. The van der Waals surface area contributed by atoms with E-state index in [1.54, 1.807) is 48.4 Å². The zero-order valence-corrected chi connectivity index (χ0v) is 17.3. The maximum Gasteiger partial charge on any atom is 0.528 e. The molecular weight excluding hydrogens is 344 g/mol. The Balaban J connectivity index is 0.000000506. The van der Waals surface area contributed by atoms with Crippen molar-refractivity contribution < 1.29 is 26.6 Å². The molecule has 0 N–H and O–H groups in total. The molecule has 0 aliphatic heterocycles. The van der Waals surface area contributed by atoms with Gasteiger partial charge in [0, 0.05) is 42.7 Å². The molecule has 0 spiro atoms. The van der Waals surface area contributed by atoms with Gasteiger partial charge in [-0.05, 0) is 17.0 Å². The van der Waals surface area contributed by atoms with Crippen LogP contribution in [-0.2, 0) is 26.6 Å². The predicted octanol–water partition coefficient (Wildman–Crippen LogP) is 2.71. The largest absolute Gasteiger partial charge is 0.528 e. The van der Waals surface area contributed by atoms with Gasteiger partial charge in [-0.15, -0.1) is 0 Å². The third kappa shape index (κ3) is 7.20. The fourth-order valence-electron chi connectivity index (χ4n) is 1.72. The van der Waals surface area contributed by atoms with Crippen LogP contribution in [0.3, 0.4) is 0 Å². The van der Waals surface area contributed by atoms with E-state index in [-0.39, 0.29) is 0 Å². The summed E-state index contributed by atoms with van der Waals surface area (Å²) < 4.78 is 30.7. The molecule has 0 unspecified atom stereocenters. The van der Waals surface area contributed by atoms with Crippen LogP contribution in [0.5, 0.6) is 0 Å². The van der Waals surface area contributed by atoms with Crippen LogP contribution in [0.1, 0.15) is 5.56 Å². The average molecular weight is 373 g/mol. The van der Waals surface area contributed by atoms with Crippen molar-refractivity contribution in [2.24, 2.45) is 0 Å². The third-order valence-electron chi connectivity index (χ3n) is 3.24. The number of hydrogen-bond acceptors (Lipinski definition) is 6. The highest BCUT2D eigenvalue weighted by Gasteiger charge is 2.34. The molecule has 0 saturated heterocycles. The zero-order chi connectivity index (χ0) is 18.5. The van der Waals surface area contributed by atoms with Gasteiger partial charge in [0.25, 0.3) is 0 Å². The van der Waals surface area contributed by atoms with Crippen molar-refractivity contribution >= 4 is 23.7 Å². The average Bonchev–Trinajstić information content (AvgIpc) is 2.67. The molecule has 0 saturated carbocycles. The summed E-state index contributed by atoms with van der Waals surface area (Å²) in [5, 5.41) is 0. The Kier molecular flexibility index (Phi) is 11.7. The molecule has 8 heteroatoms. The van der Waals surface area contributed by atoms with Gasteiger partial charge in [0.15, 0.2) is 0 Å². The van der Waals surface area contributed by atoms with E-state index in [2.05, 4.69) is 6.58 Å². The van der Waals surface area contributed by atoms with Crippen molar-refractivity contribution in [1.29, 1.82) is 0 Å². The van der Waals surface area contributed by atoms with Crippen LogP contribution in [0, 0.1) is 0 Å². The van der Waals surface area contributed by atoms with Gasteiger partial charge in [-0.25, -0.2) is 0 Å². The van der Waals surface area contributed by atoms with Crippen molar-refractivity contribution in [3.63, 3.8) is 0 Å². The van der Waals surface area contributed by atoms with Crippen LogP contribution >= 0.6 is 0 Å². The maximum atomic E-state index is 5.27. The van der Waals surface area contributed by atoms with Crippen LogP contribution in [-0.4, -0.2) is 60.3 Å². The summed E-state index contributed by atoms with van der Waals surface area (Å²) in [6.07, 6.45) is 1.95. The smallest absolute Gasteiger partial charge is 0.374 e. The molecule has 0 aliphatic carbocycles. The van der Waals surface area contributed by atoms with E-state index in [0.29, 0.717) is 0 Å². The topological polar surface area (TPSA) is 55.4 Å². The molecular formula is C16H28O6Si2. The molecule has 24 heavy (non-hydrogen) atoms. The van der Waals surface area contributed by atoms with Crippen LogP contribution in [0.15, 0.2) is 48.3 Å². The lowest BCUT2D eigenvalue weighted by molar-refractivity contribution is 0.138. The van der Waals surface area contributed by atoms with Crippen molar-refractivity contribution in [2.45, 2.75) is 0 Å². The van der Waals surface area contributed by atoms with E-state index >= 15 is 0 Å². The minimum Gasteiger partial charge on any atom is -0.374 e. The van der Waals surface area contributed by atoms with Gasteiger partial charge in [-0.2, -0.15) is 0 Å². The highest BCUT2D eigenvalue weighted by molar-refractivity contribution is 6.67. The van der Waals surface area contributed by atoms with E-state index in [0.717, 1.165) is 5.56 Å². The third-order valence-corrected chi connectivity index (χ3v) is 7.73. The second kappa shape index (κ2) is 12.3. The van der Waals surface area contributed by atoms with Gasteiger partial charge in [-0.3, -0.25) is 0 Å². The number of hydrogen-bond donors (Lipinski definition) is 0. The Morgan fingerprint density at radius 1 is 0.708 bits per heavy atom. The highest BCUT2D eigenvalue weighted by Crippen LogP contribution is 2.11. The van der Waals surface area contributed by atoms with Crippen LogP contribution in [0.25, 0.3) is 6.08 Å². The molecule has 0 aliphatic rings. The normalized spacial score (nSPS) is 11.9. The van der Waals surface area contributed by atoms with Gasteiger partial charge < -0.3 is 26.6 Å². The monoisotopic (exact) mass is 372 g/mol. The Labute approximate surface area is 147 Å². The Morgan fingerprint density at radius 2 is 1.12 bits per heavy atom. The first-order chi connectivity index (χ1) is 11.5. The fraction of sp³-hybridized carbons (Fsp3) is 0.375. The molecule has 1 aromatic carbocycles. The van der Waals surface area contributed by atoms with E-state index < -0.39 is 17.6 Å². The van der Waals surface area contributed by atoms with E-state index in [1.807, 2.05) is 42.1 Å². The molecule has 0 bridgehead atoms. The molecule has 136 valence electrons. The van der Waals surface area contributed by atoms with Gasteiger partial charge in [0.1, 0.15) is 0 Å². The molecule has 1 rings (SSSR count). The molecule has 0 atom stereocenters. The van der Waals surface area contributed by atoms with Crippen molar-refractivity contribution in [1.82, 2.24) is 0 Å². The molecule has 1 aromatic rings. The van der Waals surface area contributed by atoms with Gasteiger partial charge in [-0.1, -0.05) is 43.0 Å². The maximum absolute atomic E-state index is 5.27. The molecule has 0 aromatic heterocycles. The lowest BCUT2D eigenvalue weighted by Crippen LogP contribution is -2.40. The summed E-state index contributed by atoms with van der Waals surface area (Å²) in [4.78, 5) is 0. The summed E-state index contributed by atoms with van der Waals surface area (Å²) in [5.74, 6) is 0. The number of rotatable bonds is 9. The molecule has 0 radical (unpaired) electrons. The summed E-state index contributed by atoms with van der Waals surface area (Å²) in [7, 11) is 4.39. The lowest BCUT2D eigenvalue weighted by atomic mass is 10.2. The Bertz CT molecular complexity index is 456. The van der Waals surface area contributed by atoms with E-state index in [4.69, 9.17) is 26.6 Å². The fourth-order valence-corrected chi connectivity index (χ4v) is 4.02. The standard InChI is InChI=1S/C11H16O3Si.C5H12O3Si/c1-12-15(13-2,14-3)10-9-11-7-5-4-6-8-11;1-5-9(6-2,7-3)8-4/h4-10H,1-3H3;5H,1H2,2-4H3. The van der Waals surface area contributed by atoms with Crippen LogP contribution in [0.2, 0.25) is 0 Å². The van der Waals surface area contributed by atoms with Crippen molar-refractivity contribution in [3.05, 3.63) is 53.9 Å². The van der Waals surface area contributed by atoms with Gasteiger partial charge in [0.05, 0.1) is 0 Å². The van der Waals surface area contributed by atoms with Crippen LogP contribution in [0.4, 0.5) is 0 Å². The second-order valence-corrected chi connectivity index (χ2v) is 9.99. The quantitative estimate of drug-likeness (QED) is 0.621. The predicted molar refractivity (Wildman–Crippen MR) is 99.2 cm³/mol. The first-order valence-corrected chi connectivity index (χ1v) is 10.8. The molecule has 0 fully saturated rings. The van der Waals surface area contributed by atoms with Gasteiger partial charge >= 0.3 is 17.6 Å². The zero-order valence-electron chi connectivity index (χ0n) is 15.3. The summed E-state index contributed by atoms with van der Waals surface area (Å²) in [6.45, 7) is 3.53. The van der Waals surface area contributed by atoms with Gasteiger partial charge in [0.2, 0.25) is 0 Å². The number of benzene rings is 1. The SMILES string of the molecule is C=C[Si](OC)(OC)OC.CO[Si](C=Cc1ccccc1)(OC)OC. The molecule has 0 heterocycles. The minimum absolute atomic E-state index is 1.10. The summed E-state index contributed by atoms with van der Waals surface area (Å²) in [6, 6.07) is 9.96.